The number of hydrogen-bond donors (Lipinski definition) is 0. The van der Waals surface area contributed by atoms with Gasteiger partial charge in [-0.2, -0.15) is 0 Å². The van der Waals surface area contributed by atoms with Gasteiger partial charge >= 0.3 is 0 Å². The van der Waals surface area contributed by atoms with Crippen LogP contribution < -0.4 is 4.90 Å². The van der Waals surface area contributed by atoms with E-state index in [-0.39, 0.29) is 5.91 Å². The summed E-state index contributed by atoms with van der Waals surface area (Å²) < 4.78 is 7.35. The molecule has 4 aromatic rings. The zero-order chi connectivity index (χ0) is 24.3. The van der Waals surface area contributed by atoms with Gasteiger partial charge in [0, 0.05) is 61.9 Å². The van der Waals surface area contributed by atoms with Crippen molar-refractivity contribution in [2.24, 2.45) is 0 Å². The number of benzene rings is 1. The maximum absolute atomic E-state index is 13.0. The molecule has 0 unspecified atom stereocenters. The molecule has 5 heterocycles. The molecule has 6 rings (SSSR count). The van der Waals surface area contributed by atoms with Gasteiger partial charge in [-0.1, -0.05) is 30.3 Å². The minimum atomic E-state index is 0.105. The smallest absolute Gasteiger partial charge is 0.242 e. The highest BCUT2D eigenvalue weighted by Gasteiger charge is 2.21. The normalized spacial score (nSPS) is 16.3. The summed E-state index contributed by atoms with van der Waals surface area (Å²) in [6, 6.07) is 14.3. The molecule has 0 aliphatic carbocycles. The van der Waals surface area contributed by atoms with Crippen LogP contribution in [0.4, 0.5) is 5.95 Å². The molecule has 0 saturated carbocycles. The van der Waals surface area contributed by atoms with Crippen molar-refractivity contribution in [3.05, 3.63) is 78.9 Å². The molecule has 3 aromatic heterocycles. The zero-order valence-corrected chi connectivity index (χ0v) is 20.1. The first-order valence-corrected chi connectivity index (χ1v) is 12.4. The van der Waals surface area contributed by atoms with Gasteiger partial charge in [0.1, 0.15) is 12.2 Å². The fourth-order valence-electron chi connectivity index (χ4n) is 4.94. The summed E-state index contributed by atoms with van der Waals surface area (Å²) in [5, 5.41) is 1.05. The van der Waals surface area contributed by atoms with E-state index in [1.54, 1.807) is 6.20 Å². The molecule has 1 amide bonds. The lowest BCUT2D eigenvalue weighted by atomic mass is 9.92. The van der Waals surface area contributed by atoms with Crippen molar-refractivity contribution in [2.45, 2.75) is 13.0 Å². The molecule has 2 aliphatic heterocycles. The third-order valence-corrected chi connectivity index (χ3v) is 6.91. The van der Waals surface area contributed by atoms with E-state index in [0.717, 1.165) is 47.6 Å². The number of morpholine rings is 1. The van der Waals surface area contributed by atoms with E-state index in [2.05, 4.69) is 44.1 Å². The third-order valence-electron chi connectivity index (χ3n) is 6.91. The molecule has 182 valence electrons. The number of anilines is 1. The van der Waals surface area contributed by atoms with Crippen molar-refractivity contribution in [1.82, 2.24) is 24.4 Å². The van der Waals surface area contributed by atoms with Gasteiger partial charge in [-0.05, 0) is 41.3 Å². The van der Waals surface area contributed by atoms with Gasteiger partial charge < -0.3 is 19.1 Å². The topological polar surface area (TPSA) is 76.4 Å². The highest BCUT2D eigenvalue weighted by atomic mass is 16.5. The molecular weight excluding hydrogens is 452 g/mol. The van der Waals surface area contributed by atoms with E-state index in [9.17, 15) is 4.79 Å². The molecule has 1 saturated heterocycles. The van der Waals surface area contributed by atoms with E-state index in [4.69, 9.17) is 4.74 Å². The molecule has 0 atom stereocenters. The van der Waals surface area contributed by atoms with Crippen molar-refractivity contribution in [2.75, 3.05) is 44.3 Å². The molecule has 36 heavy (non-hydrogen) atoms. The number of amides is 1. The molecule has 0 N–H and O–H groups in total. The third kappa shape index (κ3) is 4.47. The lowest BCUT2D eigenvalue weighted by Crippen LogP contribution is -2.37. The number of carbonyl (C=O) groups excluding carboxylic acids is 1. The van der Waals surface area contributed by atoms with Gasteiger partial charge in [-0.15, -0.1) is 0 Å². The molecule has 0 spiro atoms. The SMILES string of the molecule is O=C(Cn1ccc2cccnc21)N1CC=C(c2ccccc2-c2cnc(N3CCOCC3)nc2)CC1. The number of fused-ring (bicyclic) bond motifs is 1. The second kappa shape index (κ2) is 9.91. The first-order chi connectivity index (χ1) is 17.8. The summed E-state index contributed by atoms with van der Waals surface area (Å²) in [7, 11) is 0. The van der Waals surface area contributed by atoms with Crippen molar-refractivity contribution >= 4 is 28.5 Å². The van der Waals surface area contributed by atoms with Gasteiger partial charge in [0.25, 0.3) is 0 Å². The largest absolute Gasteiger partial charge is 0.378 e. The van der Waals surface area contributed by atoms with E-state index < -0.39 is 0 Å². The fraction of sp³-hybridized carbons (Fsp3) is 0.286. The number of rotatable bonds is 5. The minimum Gasteiger partial charge on any atom is -0.378 e. The Hall–Kier alpha value is -4.04. The zero-order valence-electron chi connectivity index (χ0n) is 20.1. The summed E-state index contributed by atoms with van der Waals surface area (Å²) in [6.07, 6.45) is 10.5. The average molecular weight is 481 g/mol. The van der Waals surface area contributed by atoms with Gasteiger partial charge in [0.15, 0.2) is 0 Å². The summed E-state index contributed by atoms with van der Waals surface area (Å²) in [6.45, 7) is 4.64. The molecule has 2 aliphatic rings. The van der Waals surface area contributed by atoms with Crippen molar-refractivity contribution in [3.8, 4) is 11.1 Å². The predicted octanol–water partition coefficient (Wildman–Crippen LogP) is 3.65. The predicted molar refractivity (Wildman–Crippen MR) is 139 cm³/mol. The van der Waals surface area contributed by atoms with Crippen LogP contribution in [0.2, 0.25) is 0 Å². The Morgan fingerprint density at radius 2 is 1.72 bits per heavy atom. The highest BCUT2D eigenvalue weighted by Crippen LogP contribution is 2.32. The Bertz CT molecular complexity index is 1410. The van der Waals surface area contributed by atoms with Crippen LogP contribution in [0.5, 0.6) is 0 Å². The van der Waals surface area contributed by atoms with E-state index >= 15 is 0 Å². The monoisotopic (exact) mass is 480 g/mol. The Morgan fingerprint density at radius 3 is 2.50 bits per heavy atom. The van der Waals surface area contributed by atoms with Crippen LogP contribution in [-0.2, 0) is 16.1 Å². The van der Waals surface area contributed by atoms with Gasteiger partial charge in [0.2, 0.25) is 11.9 Å². The van der Waals surface area contributed by atoms with Crippen LogP contribution in [0.25, 0.3) is 27.7 Å². The molecular formula is C28H28N6O2. The minimum absolute atomic E-state index is 0.105. The summed E-state index contributed by atoms with van der Waals surface area (Å²) in [5.74, 6) is 0.852. The Kier molecular flexibility index (Phi) is 6.17. The van der Waals surface area contributed by atoms with Gasteiger partial charge in [-0.25, -0.2) is 15.0 Å². The standard InChI is InChI=1S/C28H28N6O2/c35-26(20-34-13-9-22-4-3-10-29-27(22)34)32-11-7-21(8-12-32)24-5-1-2-6-25(24)23-18-30-28(31-19-23)33-14-16-36-17-15-33/h1-7,9-10,13,18-19H,8,11-12,14-17,20H2. The van der Waals surface area contributed by atoms with Crippen LogP contribution in [0.1, 0.15) is 12.0 Å². The van der Waals surface area contributed by atoms with Crippen LogP contribution in [0, 0.1) is 0 Å². The Labute approximate surface area is 209 Å². The lowest BCUT2D eigenvalue weighted by molar-refractivity contribution is -0.131. The lowest BCUT2D eigenvalue weighted by Gasteiger charge is -2.28. The molecule has 0 bridgehead atoms. The maximum atomic E-state index is 13.0. The van der Waals surface area contributed by atoms with Crippen LogP contribution in [0.15, 0.2) is 73.3 Å². The van der Waals surface area contributed by atoms with E-state index in [1.807, 2.05) is 52.3 Å². The summed E-state index contributed by atoms with van der Waals surface area (Å²) >= 11 is 0. The number of hydrogen-bond acceptors (Lipinski definition) is 6. The summed E-state index contributed by atoms with van der Waals surface area (Å²) in [5.41, 5.74) is 5.37. The van der Waals surface area contributed by atoms with Crippen LogP contribution in [0.3, 0.4) is 0 Å². The number of aromatic nitrogens is 4. The number of ether oxygens (including phenoxy) is 1. The molecule has 1 fully saturated rings. The number of nitrogens with zero attached hydrogens (tertiary/aromatic N) is 6. The van der Waals surface area contributed by atoms with Crippen LogP contribution in [-0.4, -0.2) is 69.7 Å². The number of carbonyl (C=O) groups is 1. The van der Waals surface area contributed by atoms with Gasteiger partial charge in [0.05, 0.1) is 13.2 Å². The van der Waals surface area contributed by atoms with Crippen molar-refractivity contribution in [1.29, 1.82) is 0 Å². The van der Waals surface area contributed by atoms with E-state index in [0.29, 0.717) is 32.8 Å². The molecule has 8 nitrogen and oxygen atoms in total. The summed E-state index contributed by atoms with van der Waals surface area (Å²) in [4.78, 5) is 30.8. The Balaban J connectivity index is 1.17. The highest BCUT2D eigenvalue weighted by molar-refractivity contribution is 5.84. The number of pyridine rings is 1. The van der Waals surface area contributed by atoms with Crippen molar-refractivity contribution in [3.63, 3.8) is 0 Å². The molecule has 0 radical (unpaired) electrons. The van der Waals surface area contributed by atoms with E-state index in [1.165, 1.54) is 11.1 Å². The molecule has 1 aromatic carbocycles. The first-order valence-electron chi connectivity index (χ1n) is 12.4. The van der Waals surface area contributed by atoms with Crippen LogP contribution >= 0.6 is 0 Å². The van der Waals surface area contributed by atoms with Gasteiger partial charge in [-0.3, -0.25) is 4.79 Å². The second-order valence-electron chi connectivity index (χ2n) is 9.10. The average Bonchev–Trinajstić information content (AvgIpc) is 3.36. The second-order valence-corrected chi connectivity index (χ2v) is 9.10. The maximum Gasteiger partial charge on any atom is 0.242 e. The Morgan fingerprint density at radius 1 is 0.917 bits per heavy atom. The quantitative estimate of drug-likeness (QED) is 0.434. The fourth-order valence-corrected chi connectivity index (χ4v) is 4.94. The molecule has 8 heteroatoms. The van der Waals surface area contributed by atoms with Crippen molar-refractivity contribution < 1.29 is 9.53 Å². The first kappa shape index (κ1) is 22.4.